The van der Waals surface area contributed by atoms with E-state index >= 15 is 0 Å². The van der Waals surface area contributed by atoms with Crippen molar-refractivity contribution < 1.29 is 4.79 Å². The number of piperidine rings is 1. The first-order chi connectivity index (χ1) is 5.29. The monoisotopic (exact) mass is 154 g/mol. The van der Waals surface area contributed by atoms with Crippen molar-refractivity contribution in [1.82, 2.24) is 10.6 Å². The van der Waals surface area contributed by atoms with Gasteiger partial charge in [0.15, 0.2) is 0 Å². The first kappa shape index (κ1) is 7.10. The number of amides is 1. The highest BCUT2D eigenvalue weighted by molar-refractivity contribution is 5.79. The summed E-state index contributed by atoms with van der Waals surface area (Å²) in [4.78, 5) is 11.2. The standard InChI is InChI=1S/C8H14N2O/c1-5-7-4-9-2-6(7)3-10-8(5)11/h5-7,9H,2-4H2,1H3,(H,10,11)/t5-,6-,7+/m1/s1. The quantitative estimate of drug-likeness (QED) is 0.498. The van der Waals surface area contributed by atoms with Gasteiger partial charge < -0.3 is 10.6 Å². The lowest BCUT2D eigenvalue weighted by molar-refractivity contribution is -0.128. The molecule has 1 amide bonds. The molecule has 0 bridgehead atoms. The summed E-state index contributed by atoms with van der Waals surface area (Å²) >= 11 is 0. The van der Waals surface area contributed by atoms with Crippen LogP contribution < -0.4 is 10.6 Å². The maximum atomic E-state index is 11.2. The molecule has 2 aliphatic heterocycles. The molecule has 3 atom stereocenters. The minimum atomic E-state index is 0.212. The molecule has 3 nitrogen and oxygen atoms in total. The van der Waals surface area contributed by atoms with E-state index in [9.17, 15) is 4.79 Å². The molecule has 0 unspecified atom stereocenters. The molecule has 0 saturated carbocycles. The van der Waals surface area contributed by atoms with E-state index in [1.807, 2.05) is 6.92 Å². The van der Waals surface area contributed by atoms with Gasteiger partial charge in [-0.25, -0.2) is 0 Å². The average molecular weight is 154 g/mol. The molecule has 2 rings (SSSR count). The first-order valence-corrected chi connectivity index (χ1v) is 4.27. The summed E-state index contributed by atoms with van der Waals surface area (Å²) in [6.07, 6.45) is 0. The zero-order valence-corrected chi connectivity index (χ0v) is 6.76. The molecule has 0 aromatic rings. The van der Waals surface area contributed by atoms with Crippen LogP contribution in [0.15, 0.2) is 0 Å². The lowest BCUT2D eigenvalue weighted by atomic mass is 9.81. The normalized spacial score (nSPS) is 43.4. The number of hydrogen-bond donors (Lipinski definition) is 2. The van der Waals surface area contributed by atoms with Gasteiger partial charge in [0.25, 0.3) is 0 Å². The van der Waals surface area contributed by atoms with Crippen molar-refractivity contribution in [1.29, 1.82) is 0 Å². The molecule has 2 heterocycles. The molecule has 2 aliphatic rings. The van der Waals surface area contributed by atoms with Crippen molar-refractivity contribution in [3.8, 4) is 0 Å². The topological polar surface area (TPSA) is 41.1 Å². The van der Waals surface area contributed by atoms with Crippen LogP contribution >= 0.6 is 0 Å². The maximum absolute atomic E-state index is 11.2. The Labute approximate surface area is 66.5 Å². The third-order valence-corrected chi connectivity index (χ3v) is 2.99. The Balaban J connectivity index is 2.11. The molecule has 0 spiro atoms. The molecule has 0 aromatic carbocycles. The van der Waals surface area contributed by atoms with Gasteiger partial charge in [-0.2, -0.15) is 0 Å². The summed E-state index contributed by atoms with van der Waals surface area (Å²) in [7, 11) is 0. The van der Waals surface area contributed by atoms with Crippen LogP contribution in [0.5, 0.6) is 0 Å². The first-order valence-electron chi connectivity index (χ1n) is 4.27. The summed E-state index contributed by atoms with van der Waals surface area (Å²) in [6.45, 7) is 5.01. The van der Waals surface area contributed by atoms with Crippen LogP contribution in [-0.2, 0) is 4.79 Å². The number of rotatable bonds is 0. The van der Waals surface area contributed by atoms with E-state index in [1.165, 1.54) is 0 Å². The Hall–Kier alpha value is -0.570. The van der Waals surface area contributed by atoms with Crippen LogP contribution in [0.1, 0.15) is 6.92 Å². The highest BCUT2D eigenvalue weighted by Gasteiger charge is 2.38. The summed E-state index contributed by atoms with van der Waals surface area (Å²) in [6, 6.07) is 0. The Morgan fingerprint density at radius 3 is 3.00 bits per heavy atom. The second-order valence-electron chi connectivity index (χ2n) is 3.62. The van der Waals surface area contributed by atoms with Crippen molar-refractivity contribution in [2.24, 2.45) is 17.8 Å². The fourth-order valence-corrected chi connectivity index (χ4v) is 2.15. The van der Waals surface area contributed by atoms with E-state index in [0.717, 1.165) is 19.6 Å². The Bertz CT molecular complexity index is 181. The van der Waals surface area contributed by atoms with E-state index < -0.39 is 0 Å². The molecular weight excluding hydrogens is 140 g/mol. The summed E-state index contributed by atoms with van der Waals surface area (Å²) in [5, 5.41) is 6.25. The predicted octanol–water partition coefficient (Wildman–Crippen LogP) is -0.412. The zero-order valence-electron chi connectivity index (χ0n) is 6.76. The van der Waals surface area contributed by atoms with Gasteiger partial charge in [-0.1, -0.05) is 6.92 Å². The second-order valence-corrected chi connectivity index (χ2v) is 3.62. The van der Waals surface area contributed by atoms with Crippen molar-refractivity contribution in [3.63, 3.8) is 0 Å². The van der Waals surface area contributed by atoms with E-state index in [4.69, 9.17) is 0 Å². The lowest BCUT2D eigenvalue weighted by Gasteiger charge is -2.30. The van der Waals surface area contributed by atoms with Crippen molar-refractivity contribution in [2.75, 3.05) is 19.6 Å². The van der Waals surface area contributed by atoms with Crippen molar-refractivity contribution in [3.05, 3.63) is 0 Å². The Morgan fingerprint density at radius 2 is 2.18 bits per heavy atom. The van der Waals surface area contributed by atoms with Gasteiger partial charge in [0.05, 0.1) is 0 Å². The number of hydrogen-bond acceptors (Lipinski definition) is 2. The van der Waals surface area contributed by atoms with Crippen LogP contribution in [0.25, 0.3) is 0 Å². The zero-order chi connectivity index (χ0) is 7.84. The van der Waals surface area contributed by atoms with E-state index in [2.05, 4.69) is 10.6 Å². The fourth-order valence-electron chi connectivity index (χ4n) is 2.15. The average Bonchev–Trinajstić information content (AvgIpc) is 2.45. The van der Waals surface area contributed by atoms with Gasteiger partial charge in [-0.15, -0.1) is 0 Å². The molecule has 2 saturated heterocycles. The highest BCUT2D eigenvalue weighted by atomic mass is 16.1. The minimum Gasteiger partial charge on any atom is -0.356 e. The lowest BCUT2D eigenvalue weighted by Crippen LogP contribution is -2.46. The van der Waals surface area contributed by atoms with Crippen LogP contribution in [0, 0.1) is 17.8 Å². The SMILES string of the molecule is C[C@H]1C(=O)NC[C@H]2CNC[C@H]21. The van der Waals surface area contributed by atoms with Crippen LogP contribution in [0.4, 0.5) is 0 Å². The molecule has 11 heavy (non-hydrogen) atoms. The van der Waals surface area contributed by atoms with Crippen molar-refractivity contribution in [2.45, 2.75) is 6.92 Å². The minimum absolute atomic E-state index is 0.212. The molecule has 3 heteroatoms. The van der Waals surface area contributed by atoms with Gasteiger partial charge in [-0.3, -0.25) is 4.79 Å². The molecule has 2 N–H and O–H groups in total. The highest BCUT2D eigenvalue weighted by Crippen LogP contribution is 2.27. The van der Waals surface area contributed by atoms with Gasteiger partial charge >= 0.3 is 0 Å². The van der Waals surface area contributed by atoms with E-state index in [1.54, 1.807) is 0 Å². The third kappa shape index (κ3) is 1.03. The Morgan fingerprint density at radius 1 is 1.36 bits per heavy atom. The number of carbonyl (C=O) groups excluding carboxylic acids is 1. The fraction of sp³-hybridized carbons (Fsp3) is 0.875. The molecule has 0 radical (unpaired) electrons. The Kier molecular flexibility index (Phi) is 1.60. The number of fused-ring (bicyclic) bond motifs is 1. The second kappa shape index (κ2) is 2.48. The molecule has 2 fully saturated rings. The molecular formula is C8H14N2O. The maximum Gasteiger partial charge on any atom is 0.223 e. The van der Waals surface area contributed by atoms with Crippen molar-refractivity contribution >= 4 is 5.91 Å². The molecule has 0 aliphatic carbocycles. The molecule has 62 valence electrons. The summed E-state index contributed by atoms with van der Waals surface area (Å²) in [5.74, 6) is 1.71. The number of carbonyl (C=O) groups is 1. The van der Waals surface area contributed by atoms with Gasteiger partial charge in [0, 0.05) is 12.5 Å². The smallest absolute Gasteiger partial charge is 0.223 e. The van der Waals surface area contributed by atoms with Gasteiger partial charge in [-0.05, 0) is 24.9 Å². The number of nitrogens with one attached hydrogen (secondary N) is 2. The van der Waals surface area contributed by atoms with Gasteiger partial charge in [0.1, 0.15) is 0 Å². The van der Waals surface area contributed by atoms with Gasteiger partial charge in [0.2, 0.25) is 5.91 Å². The molecule has 0 aromatic heterocycles. The van der Waals surface area contributed by atoms with Crippen LogP contribution in [0.3, 0.4) is 0 Å². The third-order valence-electron chi connectivity index (χ3n) is 2.99. The predicted molar refractivity (Wildman–Crippen MR) is 42.0 cm³/mol. The van der Waals surface area contributed by atoms with Crippen LogP contribution in [0.2, 0.25) is 0 Å². The largest absolute Gasteiger partial charge is 0.356 e. The van der Waals surface area contributed by atoms with E-state index in [0.29, 0.717) is 11.8 Å². The van der Waals surface area contributed by atoms with Crippen LogP contribution in [-0.4, -0.2) is 25.5 Å². The summed E-state index contributed by atoms with van der Waals surface area (Å²) in [5.41, 5.74) is 0. The summed E-state index contributed by atoms with van der Waals surface area (Å²) < 4.78 is 0. The van der Waals surface area contributed by atoms with E-state index in [-0.39, 0.29) is 11.8 Å².